The number of amides is 7. The lowest BCUT2D eigenvalue weighted by Gasteiger charge is -2.29. The van der Waals surface area contributed by atoms with E-state index in [1.54, 1.807) is 44.2 Å². The van der Waals surface area contributed by atoms with Gasteiger partial charge in [0.15, 0.2) is 0 Å². The van der Waals surface area contributed by atoms with Gasteiger partial charge in [-0.1, -0.05) is 44.2 Å². The summed E-state index contributed by atoms with van der Waals surface area (Å²) in [7, 11) is 1.26. The number of benzene rings is 1. The Bertz CT molecular complexity index is 1290. The van der Waals surface area contributed by atoms with E-state index in [9.17, 15) is 43.5 Å². The van der Waals surface area contributed by atoms with Gasteiger partial charge in [-0.3, -0.25) is 38.4 Å². The van der Waals surface area contributed by atoms with Crippen molar-refractivity contribution in [1.82, 2.24) is 31.5 Å². The molecule has 1 aliphatic rings. The number of carboxylic acids is 1. The lowest BCUT2D eigenvalue weighted by molar-refractivity contribution is -0.141. The number of nitrogens with two attached hydrogens (primary N) is 1. The average molecular weight is 664 g/mol. The van der Waals surface area contributed by atoms with Crippen molar-refractivity contribution in [2.24, 2.45) is 11.7 Å². The summed E-state index contributed by atoms with van der Waals surface area (Å²) in [5.74, 6) is -7.18. The zero-order valence-corrected chi connectivity index (χ0v) is 26.7. The van der Waals surface area contributed by atoms with Gasteiger partial charge in [-0.2, -0.15) is 0 Å². The summed E-state index contributed by atoms with van der Waals surface area (Å²) < 4.78 is 0. The van der Waals surface area contributed by atoms with Crippen LogP contribution in [0.4, 0.5) is 0 Å². The number of hydrogen-bond donors (Lipinski definition) is 7. The normalized spacial score (nSPS) is 22.4. The second-order valence-electron chi connectivity index (χ2n) is 11.0. The van der Waals surface area contributed by atoms with Crippen LogP contribution in [-0.2, 0) is 44.8 Å². The molecule has 4 atom stereocenters. The lowest BCUT2D eigenvalue weighted by atomic mass is 10.00. The number of rotatable bonds is 9. The first-order chi connectivity index (χ1) is 21.7. The summed E-state index contributed by atoms with van der Waals surface area (Å²) in [5.41, 5.74) is 5.82. The van der Waals surface area contributed by atoms with Crippen molar-refractivity contribution in [3.05, 3.63) is 35.9 Å². The van der Waals surface area contributed by atoms with Crippen molar-refractivity contribution in [3.8, 4) is 0 Å². The topological polar surface area (TPSA) is 246 Å². The van der Waals surface area contributed by atoms with E-state index in [4.69, 9.17) is 5.73 Å². The summed E-state index contributed by atoms with van der Waals surface area (Å²) in [6, 6.07) is 3.94. The molecule has 16 nitrogen and oxygen atoms in total. The van der Waals surface area contributed by atoms with Crippen LogP contribution in [0.1, 0.15) is 32.3 Å². The van der Waals surface area contributed by atoms with Crippen molar-refractivity contribution in [2.45, 2.75) is 57.3 Å². The fourth-order valence-electron chi connectivity index (χ4n) is 4.42. The van der Waals surface area contributed by atoms with Crippen molar-refractivity contribution in [2.75, 3.05) is 31.6 Å². The number of likely N-dealkylation sites (N-methyl/N-ethyl adjacent to an activating group) is 1. The molecular formula is C29H41N7O9S. The fourth-order valence-corrected chi connectivity index (χ4v) is 5.28. The summed E-state index contributed by atoms with van der Waals surface area (Å²) in [5, 5.41) is 21.8. The number of aliphatic carboxylic acids is 1. The summed E-state index contributed by atoms with van der Waals surface area (Å²) >= 11 is 0.968. The van der Waals surface area contributed by atoms with Crippen LogP contribution in [0.3, 0.4) is 0 Å². The third-order valence-corrected chi connectivity index (χ3v) is 7.84. The number of carbonyl (C=O) groups excluding carboxylic acids is 7. The van der Waals surface area contributed by atoms with Crippen LogP contribution >= 0.6 is 11.8 Å². The molecule has 0 radical (unpaired) electrons. The minimum atomic E-state index is -1.37. The highest BCUT2D eigenvalue weighted by molar-refractivity contribution is 8.00. The molecule has 46 heavy (non-hydrogen) atoms. The van der Waals surface area contributed by atoms with Crippen LogP contribution in [0, 0.1) is 5.92 Å². The molecule has 1 aromatic rings. The Morgan fingerprint density at radius 1 is 0.978 bits per heavy atom. The highest BCUT2D eigenvalue weighted by Gasteiger charge is 2.33. The van der Waals surface area contributed by atoms with E-state index in [1.807, 2.05) is 0 Å². The zero-order valence-electron chi connectivity index (χ0n) is 25.9. The van der Waals surface area contributed by atoms with Crippen molar-refractivity contribution >= 4 is 59.1 Å². The van der Waals surface area contributed by atoms with Crippen LogP contribution in [-0.4, -0.2) is 113 Å². The Balaban J connectivity index is 2.45. The number of hydrogen-bond acceptors (Lipinski definition) is 9. The number of nitrogens with one attached hydrogen (secondary N) is 5. The van der Waals surface area contributed by atoms with Crippen molar-refractivity contribution in [3.63, 3.8) is 0 Å². The maximum absolute atomic E-state index is 13.5. The van der Waals surface area contributed by atoms with Gasteiger partial charge in [-0.05, 0) is 17.9 Å². The molecule has 1 saturated heterocycles. The minimum absolute atomic E-state index is 0.0776. The molecule has 1 fully saturated rings. The molecule has 0 bridgehead atoms. The van der Waals surface area contributed by atoms with Gasteiger partial charge < -0.3 is 42.3 Å². The Morgan fingerprint density at radius 2 is 1.65 bits per heavy atom. The lowest BCUT2D eigenvalue weighted by Crippen LogP contribution is -2.59. The molecule has 8 N–H and O–H groups in total. The predicted octanol–water partition coefficient (Wildman–Crippen LogP) is -2.50. The van der Waals surface area contributed by atoms with E-state index in [1.165, 1.54) is 7.05 Å². The maximum Gasteiger partial charge on any atom is 0.303 e. The average Bonchev–Trinajstić information content (AvgIpc) is 2.98. The quantitative estimate of drug-likeness (QED) is 0.146. The van der Waals surface area contributed by atoms with Gasteiger partial charge >= 0.3 is 5.97 Å². The molecule has 1 unspecified atom stereocenters. The SMILES string of the molecule is CC(C)C1NC(=O)[C@H](Cc2ccccc2)NC(=O)CSC[C@@H](C(=O)NCC(N)=O)NC(=O)CN(C)C(=O)[C@H](CCC(=O)O)NC1=O. The fraction of sp³-hybridized carbons (Fsp3) is 0.517. The molecule has 1 heterocycles. The van der Waals surface area contributed by atoms with E-state index >= 15 is 0 Å². The van der Waals surface area contributed by atoms with E-state index in [2.05, 4.69) is 26.6 Å². The molecule has 252 valence electrons. The Morgan fingerprint density at radius 3 is 2.26 bits per heavy atom. The highest BCUT2D eigenvalue weighted by Crippen LogP contribution is 2.11. The van der Waals surface area contributed by atoms with Gasteiger partial charge in [-0.15, -0.1) is 11.8 Å². The number of carbonyl (C=O) groups is 8. The van der Waals surface area contributed by atoms with Crippen LogP contribution in [0.15, 0.2) is 30.3 Å². The molecule has 1 aromatic carbocycles. The molecular weight excluding hydrogens is 622 g/mol. The second kappa shape index (κ2) is 18.3. The summed E-state index contributed by atoms with van der Waals surface area (Å²) in [4.78, 5) is 102. The monoisotopic (exact) mass is 663 g/mol. The summed E-state index contributed by atoms with van der Waals surface area (Å²) in [6.45, 7) is 2.25. The molecule has 1 aliphatic heterocycles. The molecule has 7 amide bonds. The van der Waals surface area contributed by atoms with E-state index in [0.29, 0.717) is 0 Å². The first kappa shape index (κ1) is 37.5. The number of carboxylic acid groups (broad SMARTS) is 1. The molecule has 2 rings (SSSR count). The predicted molar refractivity (Wildman–Crippen MR) is 167 cm³/mol. The number of nitrogens with zero attached hydrogens (tertiary/aromatic N) is 1. The smallest absolute Gasteiger partial charge is 0.303 e. The first-order valence-electron chi connectivity index (χ1n) is 14.5. The first-order valence-corrected chi connectivity index (χ1v) is 15.7. The Hall–Kier alpha value is -4.67. The van der Waals surface area contributed by atoms with Gasteiger partial charge in [0.2, 0.25) is 41.4 Å². The standard InChI is InChI=1S/C29H41N7O9S/c1-16(2)25-28(44)34-18(9-10-24(40)41)29(45)36(3)13-22(38)33-20(26(42)31-12-21(30)37)14-46-15-23(39)32-19(27(43)35-25)11-17-7-5-4-6-8-17/h4-8,16,18-20,25H,9-15H2,1-3H3,(H2,30,37)(H,31,42)(H,32,39)(H,33,38)(H,34,44)(H,35,43)(H,40,41)/t18-,19-,20-,25?/m0/s1. The number of primary amides is 1. The van der Waals surface area contributed by atoms with Gasteiger partial charge in [0.1, 0.15) is 24.2 Å². The third-order valence-electron chi connectivity index (χ3n) is 6.81. The van der Waals surface area contributed by atoms with E-state index < -0.39 is 96.9 Å². The van der Waals surface area contributed by atoms with Crippen molar-refractivity contribution in [1.29, 1.82) is 0 Å². The summed E-state index contributed by atoms with van der Waals surface area (Å²) in [6.07, 6.45) is -0.722. The van der Waals surface area contributed by atoms with Gasteiger partial charge in [0.05, 0.1) is 18.8 Å². The largest absolute Gasteiger partial charge is 0.481 e. The number of thioether (sulfide) groups is 1. The van der Waals surface area contributed by atoms with Crippen LogP contribution in [0.2, 0.25) is 0 Å². The highest BCUT2D eigenvalue weighted by atomic mass is 32.2. The maximum atomic E-state index is 13.5. The molecule has 0 saturated carbocycles. The molecule has 17 heteroatoms. The van der Waals surface area contributed by atoms with Crippen LogP contribution < -0.4 is 32.3 Å². The van der Waals surface area contributed by atoms with Crippen molar-refractivity contribution < 1.29 is 43.5 Å². The molecule has 0 spiro atoms. The van der Waals surface area contributed by atoms with Gasteiger partial charge in [-0.25, -0.2) is 0 Å². The third kappa shape index (κ3) is 12.7. The molecule has 0 aliphatic carbocycles. The van der Waals surface area contributed by atoms with E-state index in [-0.39, 0.29) is 24.3 Å². The van der Waals surface area contributed by atoms with E-state index in [0.717, 1.165) is 22.2 Å². The van der Waals surface area contributed by atoms with Gasteiger partial charge in [0, 0.05) is 25.6 Å². The van der Waals surface area contributed by atoms with Crippen LogP contribution in [0.5, 0.6) is 0 Å². The minimum Gasteiger partial charge on any atom is -0.481 e. The second-order valence-corrected chi connectivity index (χ2v) is 12.1. The van der Waals surface area contributed by atoms with Gasteiger partial charge in [0.25, 0.3) is 0 Å². The Labute approximate surface area is 270 Å². The Kier molecular flexibility index (Phi) is 15.0. The van der Waals surface area contributed by atoms with Crippen LogP contribution in [0.25, 0.3) is 0 Å². The molecule has 0 aromatic heterocycles. The zero-order chi connectivity index (χ0) is 34.4.